The second-order valence-electron chi connectivity index (χ2n) is 7.57. The highest BCUT2D eigenvalue weighted by molar-refractivity contribution is 6.04. The molecule has 3 aromatic carbocycles. The van der Waals surface area contributed by atoms with Gasteiger partial charge in [-0.15, -0.1) is 0 Å². The van der Waals surface area contributed by atoms with E-state index >= 15 is 0 Å². The van der Waals surface area contributed by atoms with Crippen LogP contribution in [0.2, 0.25) is 0 Å². The molecule has 0 bridgehead atoms. The second kappa shape index (κ2) is 6.99. The van der Waals surface area contributed by atoms with Gasteiger partial charge in [-0.3, -0.25) is 0 Å². The van der Waals surface area contributed by atoms with Gasteiger partial charge in [-0.05, 0) is 48.7 Å². The lowest BCUT2D eigenvalue weighted by Gasteiger charge is -2.10. The highest BCUT2D eigenvalue weighted by atomic mass is 19.1. The molecule has 0 N–H and O–H groups in total. The van der Waals surface area contributed by atoms with Gasteiger partial charge in [0.2, 0.25) is 0 Å². The van der Waals surface area contributed by atoms with E-state index in [4.69, 9.17) is 8.83 Å². The molecule has 0 atom stereocenters. The molecule has 0 aliphatic rings. The Balaban J connectivity index is 1.75. The molecule has 3 nitrogen and oxygen atoms in total. The van der Waals surface area contributed by atoms with Crippen molar-refractivity contribution in [1.29, 1.82) is 0 Å². The van der Waals surface area contributed by atoms with E-state index in [1.54, 1.807) is 18.4 Å². The normalized spacial score (nSPS) is 11.4. The van der Waals surface area contributed by atoms with Crippen LogP contribution in [0.5, 0.6) is 0 Å². The molecule has 5 aromatic rings. The molecule has 2 aromatic heterocycles. The fourth-order valence-electron chi connectivity index (χ4n) is 4.05. The third-order valence-corrected chi connectivity index (χ3v) is 5.72. The summed E-state index contributed by atoms with van der Waals surface area (Å²) >= 11 is 0. The van der Waals surface area contributed by atoms with Crippen molar-refractivity contribution in [3.8, 4) is 11.1 Å². The van der Waals surface area contributed by atoms with Crippen molar-refractivity contribution in [2.24, 2.45) is 0 Å². The minimum absolute atomic E-state index is 0.281. The SMILES string of the molecule is Cc1c(Cc2ccccc2)c(=O)oc2c(C)c3occ(-c4ccc(F)cc4)c3cc12. The standard InChI is InChI=1S/C26H19FO3/c1-15-20-13-22-23(18-8-10-19(27)11-9-18)14-29-24(22)16(2)25(20)30-26(28)21(15)12-17-6-4-3-5-7-17/h3-11,13-14H,12H2,1-2H3. The summed E-state index contributed by atoms with van der Waals surface area (Å²) < 4.78 is 24.9. The Kier molecular flexibility index (Phi) is 4.28. The molecule has 0 unspecified atom stereocenters. The lowest BCUT2D eigenvalue weighted by Crippen LogP contribution is -2.11. The average molecular weight is 398 g/mol. The second-order valence-corrected chi connectivity index (χ2v) is 7.57. The Hall–Kier alpha value is -3.66. The van der Waals surface area contributed by atoms with E-state index in [0.29, 0.717) is 23.2 Å². The van der Waals surface area contributed by atoms with E-state index in [9.17, 15) is 9.18 Å². The predicted octanol–water partition coefficient (Wildman–Crippen LogP) is 6.55. The van der Waals surface area contributed by atoms with Gasteiger partial charge in [0.05, 0.1) is 6.26 Å². The maximum absolute atomic E-state index is 13.4. The third-order valence-electron chi connectivity index (χ3n) is 5.72. The molecule has 0 saturated heterocycles. The Bertz CT molecular complexity index is 1440. The topological polar surface area (TPSA) is 43.4 Å². The maximum atomic E-state index is 13.4. The van der Waals surface area contributed by atoms with Crippen LogP contribution < -0.4 is 5.63 Å². The zero-order chi connectivity index (χ0) is 20.8. The molecule has 2 heterocycles. The Morgan fingerprint density at radius 1 is 0.867 bits per heavy atom. The zero-order valence-corrected chi connectivity index (χ0v) is 16.7. The van der Waals surface area contributed by atoms with Gasteiger partial charge in [0.1, 0.15) is 17.0 Å². The van der Waals surface area contributed by atoms with Crippen LogP contribution in [0.15, 0.2) is 80.6 Å². The van der Waals surface area contributed by atoms with Gasteiger partial charge in [0.15, 0.2) is 0 Å². The number of furan rings is 1. The Labute approximate surface area is 172 Å². The highest BCUT2D eigenvalue weighted by Crippen LogP contribution is 2.37. The van der Waals surface area contributed by atoms with Crippen molar-refractivity contribution < 1.29 is 13.2 Å². The van der Waals surface area contributed by atoms with Crippen LogP contribution in [0.4, 0.5) is 4.39 Å². The first-order valence-electron chi connectivity index (χ1n) is 9.80. The van der Waals surface area contributed by atoms with Gasteiger partial charge in [0.25, 0.3) is 0 Å². The van der Waals surface area contributed by atoms with Crippen molar-refractivity contribution in [1.82, 2.24) is 0 Å². The first-order valence-corrected chi connectivity index (χ1v) is 9.80. The Morgan fingerprint density at radius 2 is 1.60 bits per heavy atom. The number of benzene rings is 3. The van der Waals surface area contributed by atoms with E-state index in [1.807, 2.05) is 50.2 Å². The quantitative estimate of drug-likeness (QED) is 0.324. The van der Waals surface area contributed by atoms with E-state index in [-0.39, 0.29) is 11.4 Å². The van der Waals surface area contributed by atoms with Crippen LogP contribution in [-0.4, -0.2) is 0 Å². The van der Waals surface area contributed by atoms with Crippen LogP contribution in [-0.2, 0) is 6.42 Å². The van der Waals surface area contributed by atoms with Gasteiger partial charge < -0.3 is 8.83 Å². The Morgan fingerprint density at radius 3 is 2.33 bits per heavy atom. The molecule has 0 aliphatic carbocycles. The molecule has 0 amide bonds. The molecular weight excluding hydrogens is 379 g/mol. The fraction of sp³-hybridized carbons (Fsp3) is 0.115. The molecule has 0 spiro atoms. The van der Waals surface area contributed by atoms with Crippen LogP contribution in [0.1, 0.15) is 22.3 Å². The van der Waals surface area contributed by atoms with Crippen LogP contribution in [0.3, 0.4) is 0 Å². The number of hydrogen-bond donors (Lipinski definition) is 0. The molecule has 0 radical (unpaired) electrons. The zero-order valence-electron chi connectivity index (χ0n) is 16.7. The van der Waals surface area contributed by atoms with Crippen molar-refractivity contribution >= 4 is 21.9 Å². The van der Waals surface area contributed by atoms with Crippen LogP contribution >= 0.6 is 0 Å². The molecule has 5 rings (SSSR count). The number of hydrogen-bond acceptors (Lipinski definition) is 3. The van der Waals surface area contributed by atoms with E-state index in [2.05, 4.69) is 0 Å². The molecule has 0 saturated carbocycles. The summed E-state index contributed by atoms with van der Waals surface area (Å²) in [6.07, 6.45) is 2.18. The van der Waals surface area contributed by atoms with Crippen LogP contribution in [0.25, 0.3) is 33.1 Å². The molecule has 30 heavy (non-hydrogen) atoms. The van der Waals surface area contributed by atoms with Crippen molar-refractivity contribution in [3.63, 3.8) is 0 Å². The minimum atomic E-state index is -0.323. The summed E-state index contributed by atoms with van der Waals surface area (Å²) in [5.74, 6) is -0.281. The summed E-state index contributed by atoms with van der Waals surface area (Å²) in [5, 5.41) is 1.80. The van der Waals surface area contributed by atoms with Gasteiger partial charge in [-0.1, -0.05) is 42.5 Å². The van der Waals surface area contributed by atoms with Crippen molar-refractivity contribution in [2.75, 3.05) is 0 Å². The van der Waals surface area contributed by atoms with E-state index in [1.165, 1.54) is 12.1 Å². The summed E-state index contributed by atoms with van der Waals surface area (Å²) in [5.41, 5.74) is 6.03. The van der Waals surface area contributed by atoms with Gasteiger partial charge >= 0.3 is 5.63 Å². The maximum Gasteiger partial charge on any atom is 0.340 e. The van der Waals surface area contributed by atoms with E-state index in [0.717, 1.165) is 38.6 Å². The predicted molar refractivity (Wildman–Crippen MR) is 116 cm³/mol. The van der Waals surface area contributed by atoms with Crippen molar-refractivity contribution in [3.05, 3.63) is 105 Å². The molecule has 148 valence electrons. The monoisotopic (exact) mass is 398 g/mol. The summed E-state index contributed by atoms with van der Waals surface area (Å²) in [7, 11) is 0. The largest absolute Gasteiger partial charge is 0.463 e. The van der Waals surface area contributed by atoms with Crippen LogP contribution in [0, 0.1) is 19.7 Å². The summed E-state index contributed by atoms with van der Waals surface area (Å²) in [6, 6.07) is 18.2. The third kappa shape index (κ3) is 2.92. The molecular formula is C26H19FO3. The average Bonchev–Trinajstić information content (AvgIpc) is 3.18. The summed E-state index contributed by atoms with van der Waals surface area (Å²) in [6.45, 7) is 3.85. The number of aryl methyl sites for hydroxylation is 2. The first kappa shape index (κ1) is 18.4. The number of rotatable bonds is 3. The van der Waals surface area contributed by atoms with Gasteiger partial charge in [-0.25, -0.2) is 9.18 Å². The number of fused-ring (bicyclic) bond motifs is 2. The highest BCUT2D eigenvalue weighted by Gasteiger charge is 2.19. The van der Waals surface area contributed by atoms with E-state index < -0.39 is 0 Å². The lowest BCUT2D eigenvalue weighted by atomic mass is 9.96. The van der Waals surface area contributed by atoms with Crippen molar-refractivity contribution in [2.45, 2.75) is 20.3 Å². The van der Waals surface area contributed by atoms with Gasteiger partial charge in [-0.2, -0.15) is 0 Å². The molecule has 0 fully saturated rings. The van der Waals surface area contributed by atoms with Gasteiger partial charge in [0, 0.05) is 33.9 Å². The number of halogens is 1. The molecule has 0 aliphatic heterocycles. The minimum Gasteiger partial charge on any atom is -0.463 e. The first-order chi connectivity index (χ1) is 14.5. The fourth-order valence-corrected chi connectivity index (χ4v) is 4.05. The lowest BCUT2D eigenvalue weighted by molar-refractivity contribution is 0.546. The summed E-state index contributed by atoms with van der Waals surface area (Å²) in [4.78, 5) is 12.8. The molecule has 4 heteroatoms. The smallest absolute Gasteiger partial charge is 0.340 e.